The van der Waals surface area contributed by atoms with Gasteiger partial charge < -0.3 is 9.84 Å². The molecular weight excluding hydrogens is 244 g/mol. The number of esters is 1. The van der Waals surface area contributed by atoms with Gasteiger partial charge in [0.2, 0.25) is 0 Å². The van der Waals surface area contributed by atoms with E-state index >= 15 is 0 Å². The van der Waals surface area contributed by atoms with Gasteiger partial charge in [0, 0.05) is 5.54 Å². The van der Waals surface area contributed by atoms with Crippen LogP contribution in [0.2, 0.25) is 0 Å². The molecule has 1 heterocycles. The summed E-state index contributed by atoms with van der Waals surface area (Å²) in [5, 5.41) is 18.5. The van der Waals surface area contributed by atoms with Gasteiger partial charge in [0.25, 0.3) is 0 Å². The molecule has 0 aliphatic rings. The van der Waals surface area contributed by atoms with Gasteiger partial charge in [-0.2, -0.15) is 5.26 Å². The molecular formula is C11H9ClN2O3. The molecule has 0 fully saturated rings. The number of hydrogen-bond acceptors (Lipinski definition) is 5. The number of hydrogen-bond donors (Lipinski definition) is 1. The Hall–Kier alpha value is -1.90. The number of aliphatic hydroxyl groups is 1. The van der Waals surface area contributed by atoms with E-state index in [-0.39, 0.29) is 17.0 Å². The summed E-state index contributed by atoms with van der Waals surface area (Å²) in [6.45, 7) is 0. The highest BCUT2D eigenvalue weighted by molar-refractivity contribution is 6.26. The number of carbonyl (C=O) groups is 1. The van der Waals surface area contributed by atoms with Gasteiger partial charge in [0.05, 0.1) is 24.4 Å². The van der Waals surface area contributed by atoms with E-state index in [1.54, 1.807) is 6.07 Å². The lowest BCUT2D eigenvalue weighted by molar-refractivity contribution is 0.0593. The van der Waals surface area contributed by atoms with Crippen LogP contribution in [0.5, 0.6) is 0 Å². The molecule has 0 aliphatic carbocycles. The second-order valence-corrected chi connectivity index (χ2v) is 3.24. The summed E-state index contributed by atoms with van der Waals surface area (Å²) in [5.41, 5.74) is 1.12. The van der Waals surface area contributed by atoms with Crippen molar-refractivity contribution in [1.82, 2.24) is 4.98 Å². The maximum Gasteiger partial charge on any atom is 0.356 e. The van der Waals surface area contributed by atoms with Crippen LogP contribution in [0.15, 0.2) is 29.3 Å². The number of pyridine rings is 1. The van der Waals surface area contributed by atoms with Crippen LogP contribution in [-0.4, -0.2) is 23.2 Å². The zero-order valence-electron chi connectivity index (χ0n) is 8.92. The van der Waals surface area contributed by atoms with Crippen molar-refractivity contribution in [2.45, 2.75) is 6.10 Å². The first kappa shape index (κ1) is 13.2. The molecule has 0 radical (unpaired) electrons. The van der Waals surface area contributed by atoms with Gasteiger partial charge >= 0.3 is 5.97 Å². The summed E-state index contributed by atoms with van der Waals surface area (Å²) in [6.07, 6.45) is -1.26. The average molecular weight is 253 g/mol. The summed E-state index contributed by atoms with van der Waals surface area (Å²) in [6, 6.07) is 6.19. The molecule has 1 N–H and O–H groups in total. The van der Waals surface area contributed by atoms with Gasteiger partial charge in [0.1, 0.15) is 11.8 Å². The Morgan fingerprint density at radius 2 is 2.41 bits per heavy atom. The zero-order valence-corrected chi connectivity index (χ0v) is 9.68. The van der Waals surface area contributed by atoms with Crippen molar-refractivity contribution in [2.75, 3.05) is 7.11 Å². The number of nitrogens with zero attached hydrogens (tertiary/aromatic N) is 2. The summed E-state index contributed by atoms with van der Waals surface area (Å²) in [4.78, 5) is 15.1. The molecule has 1 aromatic rings. The summed E-state index contributed by atoms with van der Waals surface area (Å²) in [7, 11) is 1.23. The summed E-state index contributed by atoms with van der Waals surface area (Å²) >= 11 is 5.38. The number of carbonyl (C=O) groups excluding carboxylic acids is 1. The third kappa shape index (κ3) is 3.03. The predicted molar refractivity (Wildman–Crippen MR) is 60.1 cm³/mol. The van der Waals surface area contributed by atoms with Gasteiger partial charge in [0.15, 0.2) is 0 Å². The molecule has 88 valence electrons. The molecule has 6 heteroatoms. The van der Waals surface area contributed by atoms with Crippen molar-refractivity contribution in [2.24, 2.45) is 0 Å². The quantitative estimate of drug-likeness (QED) is 0.652. The molecule has 0 bridgehead atoms. The normalized spacial score (nSPS) is 12.7. The maximum atomic E-state index is 11.2. The van der Waals surface area contributed by atoms with Crippen LogP contribution in [0.1, 0.15) is 22.3 Å². The number of methoxy groups -OCH3 is 1. The standard InChI is InChI=1S/C11H9ClN2O3/c1-17-11(16)9-4-2-3-8(14-9)10(15)7(5-12)6-13/h2-5,10,15H,1H3. The summed E-state index contributed by atoms with van der Waals surface area (Å²) in [5.74, 6) is -0.618. The van der Waals surface area contributed by atoms with Gasteiger partial charge in [-0.3, -0.25) is 0 Å². The fourth-order valence-electron chi connectivity index (χ4n) is 1.13. The third-order valence-electron chi connectivity index (χ3n) is 1.99. The van der Waals surface area contributed by atoms with E-state index in [2.05, 4.69) is 9.72 Å². The second kappa shape index (κ2) is 5.99. The molecule has 0 aromatic carbocycles. The van der Waals surface area contributed by atoms with Crippen molar-refractivity contribution < 1.29 is 14.6 Å². The van der Waals surface area contributed by atoms with E-state index in [0.717, 1.165) is 5.54 Å². The Balaban J connectivity index is 3.08. The first-order chi connectivity index (χ1) is 8.13. The van der Waals surface area contributed by atoms with Crippen molar-refractivity contribution >= 4 is 17.6 Å². The minimum absolute atomic E-state index is 0.0518. The number of nitriles is 1. The number of halogens is 1. The number of ether oxygens (including phenoxy) is 1. The van der Waals surface area contributed by atoms with Crippen LogP contribution in [0.3, 0.4) is 0 Å². The second-order valence-electron chi connectivity index (χ2n) is 3.02. The van der Waals surface area contributed by atoms with E-state index in [4.69, 9.17) is 16.9 Å². The topological polar surface area (TPSA) is 83.2 Å². The number of aliphatic hydroxyl groups excluding tert-OH is 1. The Morgan fingerprint density at radius 1 is 1.71 bits per heavy atom. The Morgan fingerprint density at radius 3 is 2.94 bits per heavy atom. The molecule has 0 spiro atoms. The van der Waals surface area contributed by atoms with Gasteiger partial charge in [-0.25, -0.2) is 9.78 Å². The zero-order chi connectivity index (χ0) is 12.8. The highest BCUT2D eigenvalue weighted by atomic mass is 35.5. The van der Waals surface area contributed by atoms with Crippen LogP contribution in [0.25, 0.3) is 0 Å². The molecule has 0 saturated carbocycles. The summed E-state index contributed by atoms with van der Waals surface area (Å²) < 4.78 is 4.50. The first-order valence-corrected chi connectivity index (χ1v) is 5.01. The van der Waals surface area contributed by atoms with Crippen LogP contribution in [-0.2, 0) is 4.74 Å². The molecule has 0 amide bonds. The maximum absolute atomic E-state index is 11.2. The van der Waals surface area contributed by atoms with E-state index in [1.165, 1.54) is 25.3 Å². The molecule has 0 saturated heterocycles. The molecule has 1 unspecified atom stereocenters. The number of aromatic nitrogens is 1. The monoisotopic (exact) mass is 252 g/mol. The fraction of sp³-hybridized carbons (Fsp3) is 0.182. The molecule has 1 atom stereocenters. The Bertz CT molecular complexity index is 494. The van der Waals surface area contributed by atoms with Crippen molar-refractivity contribution in [3.05, 3.63) is 40.7 Å². The van der Waals surface area contributed by atoms with Gasteiger partial charge in [-0.1, -0.05) is 17.7 Å². The highest BCUT2D eigenvalue weighted by Crippen LogP contribution is 2.20. The molecule has 17 heavy (non-hydrogen) atoms. The van der Waals surface area contributed by atoms with Crippen LogP contribution < -0.4 is 0 Å². The van der Waals surface area contributed by atoms with Crippen molar-refractivity contribution in [1.29, 1.82) is 5.26 Å². The van der Waals surface area contributed by atoms with Crippen molar-refractivity contribution in [3.63, 3.8) is 0 Å². The average Bonchev–Trinajstić information content (AvgIpc) is 2.39. The first-order valence-electron chi connectivity index (χ1n) is 4.57. The largest absolute Gasteiger partial charge is 0.464 e. The molecule has 0 aliphatic heterocycles. The minimum Gasteiger partial charge on any atom is -0.464 e. The Kier molecular flexibility index (Phi) is 4.64. The van der Waals surface area contributed by atoms with Crippen LogP contribution in [0, 0.1) is 11.3 Å². The highest BCUT2D eigenvalue weighted by Gasteiger charge is 2.16. The molecule has 1 rings (SSSR count). The lowest BCUT2D eigenvalue weighted by Gasteiger charge is -2.08. The van der Waals surface area contributed by atoms with E-state index in [0.29, 0.717) is 0 Å². The SMILES string of the molecule is COC(=O)c1cccc(C(O)C(C#N)=CCl)n1. The molecule has 5 nitrogen and oxygen atoms in total. The minimum atomic E-state index is -1.26. The van der Waals surface area contributed by atoms with Crippen LogP contribution in [0.4, 0.5) is 0 Å². The lowest BCUT2D eigenvalue weighted by Crippen LogP contribution is -2.09. The smallest absolute Gasteiger partial charge is 0.356 e. The van der Waals surface area contributed by atoms with Crippen LogP contribution >= 0.6 is 11.6 Å². The van der Waals surface area contributed by atoms with E-state index in [1.807, 2.05) is 0 Å². The third-order valence-corrected chi connectivity index (χ3v) is 2.22. The lowest BCUT2D eigenvalue weighted by atomic mass is 10.1. The van der Waals surface area contributed by atoms with Gasteiger partial charge in [-0.15, -0.1) is 0 Å². The van der Waals surface area contributed by atoms with E-state index < -0.39 is 12.1 Å². The van der Waals surface area contributed by atoms with Crippen molar-refractivity contribution in [3.8, 4) is 6.07 Å². The number of rotatable bonds is 3. The van der Waals surface area contributed by atoms with E-state index in [9.17, 15) is 9.90 Å². The molecule has 1 aromatic heterocycles. The fourth-order valence-corrected chi connectivity index (χ4v) is 1.29. The predicted octanol–water partition coefficient (Wildman–Crippen LogP) is 1.55. The van der Waals surface area contributed by atoms with Gasteiger partial charge in [-0.05, 0) is 12.1 Å². The Labute approximate surface area is 103 Å².